The van der Waals surface area contributed by atoms with Crippen LogP contribution in [0.25, 0.3) is 0 Å². The number of nitrogens with zero attached hydrogens (tertiary/aromatic N) is 1. The Kier molecular flexibility index (Phi) is 3.98. The summed E-state index contributed by atoms with van der Waals surface area (Å²) in [7, 11) is 0. The maximum atomic E-state index is 12.3. The molecule has 0 aromatic heterocycles. The second-order valence-electron chi connectivity index (χ2n) is 5.90. The van der Waals surface area contributed by atoms with Gasteiger partial charge in [-0.25, -0.2) is 0 Å². The first kappa shape index (κ1) is 14.8. The fourth-order valence-electron chi connectivity index (χ4n) is 2.84. The van der Waals surface area contributed by atoms with E-state index in [4.69, 9.17) is 4.74 Å². The minimum atomic E-state index is -0.589. The molecule has 1 aromatic carbocycles. The van der Waals surface area contributed by atoms with Crippen molar-refractivity contribution in [3.8, 4) is 5.75 Å². The van der Waals surface area contributed by atoms with Crippen molar-refractivity contribution >= 4 is 11.6 Å². The van der Waals surface area contributed by atoms with Crippen LogP contribution in [0.3, 0.4) is 0 Å². The molecule has 2 fully saturated rings. The Bertz CT molecular complexity index is 600. The third-order valence-corrected chi connectivity index (χ3v) is 4.23. The van der Waals surface area contributed by atoms with Crippen LogP contribution >= 0.6 is 0 Å². The fourth-order valence-corrected chi connectivity index (χ4v) is 2.84. The van der Waals surface area contributed by atoms with Gasteiger partial charge in [-0.2, -0.15) is 0 Å². The van der Waals surface area contributed by atoms with Crippen LogP contribution in [0.2, 0.25) is 0 Å². The maximum absolute atomic E-state index is 12.3. The number of carbonyl (C=O) groups excluding carboxylic acids is 1. The van der Waals surface area contributed by atoms with E-state index in [9.17, 15) is 20.0 Å². The van der Waals surface area contributed by atoms with Crippen molar-refractivity contribution in [2.24, 2.45) is 5.92 Å². The van der Waals surface area contributed by atoms with Gasteiger partial charge in [-0.15, -0.1) is 0 Å². The lowest BCUT2D eigenvalue weighted by Crippen LogP contribution is -2.42. The van der Waals surface area contributed by atoms with E-state index in [1.165, 1.54) is 25.0 Å². The van der Waals surface area contributed by atoms with Crippen LogP contribution in [0.4, 0.5) is 5.69 Å². The number of nitrogens with one attached hydrogen (secondary N) is 1. The summed E-state index contributed by atoms with van der Waals surface area (Å²) in [6, 6.07) is 3.42. The van der Waals surface area contributed by atoms with Crippen molar-refractivity contribution in [1.82, 2.24) is 5.32 Å². The Balaban J connectivity index is 1.68. The second-order valence-corrected chi connectivity index (χ2v) is 5.90. The third kappa shape index (κ3) is 3.19. The van der Waals surface area contributed by atoms with E-state index in [0.29, 0.717) is 18.9 Å². The lowest BCUT2D eigenvalue weighted by molar-refractivity contribution is -0.384. The SMILES string of the molecule is O=C(N[C@@H]1CCO[C@H](C2CC2)C1)c1cc([N+](=O)[O-])ccc1O. The van der Waals surface area contributed by atoms with Gasteiger partial charge in [-0.3, -0.25) is 14.9 Å². The number of nitro benzene ring substituents is 1. The number of non-ortho nitro benzene ring substituents is 1. The summed E-state index contributed by atoms with van der Waals surface area (Å²) in [5, 5.41) is 23.4. The molecule has 2 atom stereocenters. The highest BCUT2D eigenvalue weighted by molar-refractivity contribution is 5.97. The van der Waals surface area contributed by atoms with Crippen LogP contribution in [0.15, 0.2) is 18.2 Å². The molecule has 7 heteroatoms. The highest BCUT2D eigenvalue weighted by atomic mass is 16.6. The molecule has 1 saturated heterocycles. The molecule has 3 rings (SSSR count). The van der Waals surface area contributed by atoms with Crippen LogP contribution < -0.4 is 5.32 Å². The molecule has 1 aliphatic carbocycles. The van der Waals surface area contributed by atoms with Crippen molar-refractivity contribution in [3.05, 3.63) is 33.9 Å². The summed E-state index contributed by atoms with van der Waals surface area (Å²) in [6.07, 6.45) is 4.02. The lowest BCUT2D eigenvalue weighted by Gasteiger charge is -2.30. The van der Waals surface area contributed by atoms with Gasteiger partial charge in [0.25, 0.3) is 11.6 Å². The molecule has 1 aromatic rings. The zero-order chi connectivity index (χ0) is 15.7. The normalized spacial score (nSPS) is 24.7. The molecule has 0 radical (unpaired) electrons. The number of amides is 1. The Hall–Kier alpha value is -2.15. The Morgan fingerprint density at radius 2 is 2.14 bits per heavy atom. The number of carbonyl (C=O) groups is 1. The summed E-state index contributed by atoms with van der Waals surface area (Å²) in [6.45, 7) is 0.604. The van der Waals surface area contributed by atoms with Crippen molar-refractivity contribution in [2.75, 3.05) is 6.61 Å². The molecule has 118 valence electrons. The monoisotopic (exact) mass is 306 g/mol. The first-order valence-corrected chi connectivity index (χ1v) is 7.44. The largest absolute Gasteiger partial charge is 0.507 e. The molecular weight excluding hydrogens is 288 g/mol. The number of rotatable bonds is 4. The van der Waals surface area contributed by atoms with Gasteiger partial charge in [0, 0.05) is 24.8 Å². The summed E-state index contributed by atoms with van der Waals surface area (Å²) < 4.78 is 5.70. The fraction of sp³-hybridized carbons (Fsp3) is 0.533. The number of hydrogen-bond acceptors (Lipinski definition) is 5. The van der Waals surface area contributed by atoms with E-state index < -0.39 is 10.8 Å². The number of benzene rings is 1. The van der Waals surface area contributed by atoms with Gasteiger partial charge in [0.15, 0.2) is 0 Å². The molecule has 1 saturated carbocycles. The standard InChI is InChI=1S/C15H18N2O5/c18-13-4-3-11(17(20)21)8-12(13)15(19)16-10-5-6-22-14(7-10)9-1-2-9/h3-4,8-10,14,18H,1-2,5-7H2,(H,16,19)/t10-,14+/m1/s1. The van der Waals surface area contributed by atoms with Gasteiger partial charge in [0.2, 0.25) is 0 Å². The van der Waals surface area contributed by atoms with E-state index in [-0.39, 0.29) is 29.1 Å². The van der Waals surface area contributed by atoms with Crippen LogP contribution in [-0.4, -0.2) is 34.7 Å². The Morgan fingerprint density at radius 3 is 2.82 bits per heavy atom. The van der Waals surface area contributed by atoms with Crippen molar-refractivity contribution < 1.29 is 19.6 Å². The summed E-state index contributed by atoms with van der Waals surface area (Å²) in [5.74, 6) is -0.137. The number of phenolic OH excluding ortho intramolecular Hbond substituents is 1. The number of ether oxygens (including phenoxy) is 1. The topological polar surface area (TPSA) is 102 Å². The van der Waals surface area contributed by atoms with Gasteiger partial charge in [-0.05, 0) is 37.7 Å². The minimum Gasteiger partial charge on any atom is -0.507 e. The zero-order valence-corrected chi connectivity index (χ0v) is 12.0. The Morgan fingerprint density at radius 1 is 1.36 bits per heavy atom. The molecule has 0 bridgehead atoms. The number of nitro groups is 1. The predicted molar refractivity (Wildman–Crippen MR) is 77.7 cm³/mol. The van der Waals surface area contributed by atoms with E-state index in [0.717, 1.165) is 12.5 Å². The van der Waals surface area contributed by atoms with Crippen molar-refractivity contribution in [3.63, 3.8) is 0 Å². The van der Waals surface area contributed by atoms with E-state index >= 15 is 0 Å². The average molecular weight is 306 g/mol. The molecule has 0 unspecified atom stereocenters. The number of phenols is 1. The van der Waals surface area contributed by atoms with Gasteiger partial charge in [0.05, 0.1) is 16.6 Å². The van der Waals surface area contributed by atoms with E-state index in [1.54, 1.807) is 0 Å². The molecule has 1 amide bonds. The van der Waals surface area contributed by atoms with Crippen LogP contribution in [0, 0.1) is 16.0 Å². The molecule has 22 heavy (non-hydrogen) atoms. The lowest BCUT2D eigenvalue weighted by atomic mass is 9.99. The highest BCUT2D eigenvalue weighted by Gasteiger charge is 2.36. The quantitative estimate of drug-likeness (QED) is 0.654. The van der Waals surface area contributed by atoms with Gasteiger partial charge in [0.1, 0.15) is 5.75 Å². The van der Waals surface area contributed by atoms with Crippen LogP contribution in [0.5, 0.6) is 5.75 Å². The molecule has 0 spiro atoms. The van der Waals surface area contributed by atoms with Crippen LogP contribution in [0.1, 0.15) is 36.0 Å². The zero-order valence-electron chi connectivity index (χ0n) is 12.0. The predicted octanol–water partition coefficient (Wildman–Crippen LogP) is 1.99. The van der Waals surface area contributed by atoms with Crippen molar-refractivity contribution in [1.29, 1.82) is 0 Å². The first-order valence-electron chi connectivity index (χ1n) is 7.44. The summed E-state index contributed by atoms with van der Waals surface area (Å²) in [5.41, 5.74) is -0.283. The molecule has 2 N–H and O–H groups in total. The average Bonchev–Trinajstić information content (AvgIpc) is 3.32. The first-order chi connectivity index (χ1) is 10.5. The Labute approximate surface area is 127 Å². The van der Waals surface area contributed by atoms with Crippen molar-refractivity contribution in [2.45, 2.75) is 37.8 Å². The molecule has 1 aliphatic heterocycles. The smallest absolute Gasteiger partial charge is 0.270 e. The molecule has 2 aliphatic rings. The second kappa shape index (κ2) is 5.92. The molecule has 1 heterocycles. The van der Waals surface area contributed by atoms with Gasteiger partial charge < -0.3 is 15.2 Å². The highest BCUT2D eigenvalue weighted by Crippen LogP contribution is 2.38. The molecule has 7 nitrogen and oxygen atoms in total. The van der Waals surface area contributed by atoms with E-state index in [1.807, 2.05) is 0 Å². The molecular formula is C15H18N2O5. The van der Waals surface area contributed by atoms with Gasteiger partial charge >= 0.3 is 0 Å². The maximum Gasteiger partial charge on any atom is 0.270 e. The summed E-state index contributed by atoms with van der Waals surface area (Å²) in [4.78, 5) is 22.5. The number of hydrogen-bond donors (Lipinski definition) is 2. The third-order valence-electron chi connectivity index (χ3n) is 4.23. The minimum absolute atomic E-state index is 0.0227. The van der Waals surface area contributed by atoms with Crippen LogP contribution in [-0.2, 0) is 4.74 Å². The van der Waals surface area contributed by atoms with E-state index in [2.05, 4.69) is 5.32 Å². The number of aromatic hydroxyl groups is 1. The van der Waals surface area contributed by atoms with Gasteiger partial charge in [-0.1, -0.05) is 0 Å². The summed E-state index contributed by atoms with van der Waals surface area (Å²) >= 11 is 0.